The summed E-state index contributed by atoms with van der Waals surface area (Å²) in [5.41, 5.74) is 4.59. The smallest absolute Gasteiger partial charge is 0.264 e. The molecule has 0 unspecified atom stereocenters. The molecule has 0 bridgehead atoms. The van der Waals surface area contributed by atoms with Gasteiger partial charge in [-0.25, -0.2) is 8.42 Å². The van der Waals surface area contributed by atoms with Gasteiger partial charge in [-0.05, 0) is 48.7 Å². The molecule has 0 amide bonds. The van der Waals surface area contributed by atoms with Crippen molar-refractivity contribution in [2.45, 2.75) is 56.1 Å². The molecule has 0 atom stereocenters. The monoisotopic (exact) mass is 449 g/mol. The summed E-state index contributed by atoms with van der Waals surface area (Å²) in [4.78, 5) is 2.95. The zero-order valence-electron chi connectivity index (χ0n) is 18.7. The van der Waals surface area contributed by atoms with Gasteiger partial charge >= 0.3 is 0 Å². The average molecular weight is 450 g/mol. The van der Waals surface area contributed by atoms with Gasteiger partial charge in [0, 0.05) is 55.7 Å². The number of aromatic nitrogens is 1. The van der Waals surface area contributed by atoms with Gasteiger partial charge in [-0.2, -0.15) is 0 Å². The van der Waals surface area contributed by atoms with Gasteiger partial charge in [0.1, 0.15) is 0 Å². The van der Waals surface area contributed by atoms with Crippen molar-refractivity contribution < 1.29 is 8.42 Å². The molecule has 0 spiro atoms. The summed E-state index contributed by atoms with van der Waals surface area (Å²) in [6, 6.07) is 15.4. The minimum absolute atomic E-state index is 0.307. The maximum atomic E-state index is 13.2. The maximum absolute atomic E-state index is 13.2. The highest BCUT2D eigenvalue weighted by Crippen LogP contribution is 2.36. The summed E-state index contributed by atoms with van der Waals surface area (Å²) in [5.74, 6) is 0. The van der Waals surface area contributed by atoms with Crippen molar-refractivity contribution in [3.8, 4) is 0 Å². The molecule has 6 heteroatoms. The molecule has 5 nitrogen and oxygen atoms in total. The van der Waals surface area contributed by atoms with E-state index in [1.54, 1.807) is 31.3 Å². The number of anilines is 1. The molecule has 1 aromatic heterocycles. The molecule has 2 aliphatic rings. The average Bonchev–Trinajstić information content (AvgIpc) is 3.46. The van der Waals surface area contributed by atoms with Crippen molar-refractivity contribution in [2.75, 3.05) is 17.9 Å². The van der Waals surface area contributed by atoms with Gasteiger partial charge in [-0.1, -0.05) is 37.1 Å². The highest BCUT2D eigenvalue weighted by molar-refractivity contribution is 7.92. The van der Waals surface area contributed by atoms with Crippen molar-refractivity contribution in [2.24, 2.45) is 0 Å². The summed E-state index contributed by atoms with van der Waals surface area (Å²) in [6.45, 7) is 6.77. The van der Waals surface area contributed by atoms with Crippen LogP contribution in [0.2, 0.25) is 0 Å². The van der Waals surface area contributed by atoms with Crippen LogP contribution in [0.25, 0.3) is 10.9 Å². The summed E-state index contributed by atoms with van der Waals surface area (Å²) < 4.78 is 30.1. The number of rotatable bonds is 6. The van der Waals surface area contributed by atoms with Crippen LogP contribution < -0.4 is 4.31 Å². The fraction of sp³-hybridized carbons (Fsp3) is 0.385. The van der Waals surface area contributed by atoms with Crippen LogP contribution in [-0.2, 0) is 29.5 Å². The molecule has 32 heavy (non-hydrogen) atoms. The van der Waals surface area contributed by atoms with Crippen molar-refractivity contribution in [3.05, 3.63) is 72.4 Å². The molecule has 0 N–H and O–H groups in total. The van der Waals surface area contributed by atoms with E-state index in [-0.39, 0.29) is 0 Å². The minimum atomic E-state index is -3.61. The second kappa shape index (κ2) is 8.41. The van der Waals surface area contributed by atoms with Gasteiger partial charge in [-0.15, -0.1) is 6.58 Å². The first kappa shape index (κ1) is 21.3. The number of fused-ring (bicyclic) bond motifs is 3. The Morgan fingerprint density at radius 3 is 2.59 bits per heavy atom. The summed E-state index contributed by atoms with van der Waals surface area (Å²) in [5, 5.41) is 1.16. The molecule has 0 saturated heterocycles. The fourth-order valence-corrected chi connectivity index (χ4v) is 6.67. The zero-order valence-corrected chi connectivity index (χ0v) is 19.5. The molecular weight excluding hydrogens is 418 g/mol. The van der Waals surface area contributed by atoms with E-state index < -0.39 is 10.0 Å². The number of allylic oxidation sites excluding steroid dienone is 1. The van der Waals surface area contributed by atoms with E-state index in [1.165, 1.54) is 41.2 Å². The van der Waals surface area contributed by atoms with Crippen molar-refractivity contribution in [1.82, 2.24) is 9.47 Å². The molecule has 1 fully saturated rings. The summed E-state index contributed by atoms with van der Waals surface area (Å²) in [7, 11) is -1.97. The molecule has 2 heterocycles. The molecule has 168 valence electrons. The van der Waals surface area contributed by atoms with Crippen molar-refractivity contribution in [3.63, 3.8) is 0 Å². The van der Waals surface area contributed by atoms with Crippen LogP contribution >= 0.6 is 0 Å². The lowest BCUT2D eigenvalue weighted by Gasteiger charge is -2.33. The number of benzene rings is 2. The fourth-order valence-electron chi connectivity index (χ4n) is 5.46. The Morgan fingerprint density at radius 1 is 1.12 bits per heavy atom. The SMILES string of the molecule is C=CCn1c2c(c3cc(N(C)S(=O)(=O)c4ccccc4)ccc31)CN(C1CCCC1)CC2. The summed E-state index contributed by atoms with van der Waals surface area (Å²) >= 11 is 0. The quantitative estimate of drug-likeness (QED) is 0.500. The lowest BCUT2D eigenvalue weighted by Crippen LogP contribution is -2.38. The third kappa shape index (κ3) is 3.55. The Kier molecular flexibility index (Phi) is 5.59. The van der Waals surface area contributed by atoms with Crippen LogP contribution in [0.3, 0.4) is 0 Å². The normalized spacial score (nSPS) is 17.5. The Hall–Kier alpha value is -2.57. The van der Waals surface area contributed by atoms with E-state index in [2.05, 4.69) is 28.2 Å². The molecule has 1 aliphatic heterocycles. The van der Waals surface area contributed by atoms with Gasteiger partial charge in [0.2, 0.25) is 0 Å². The van der Waals surface area contributed by atoms with Crippen LogP contribution in [0.15, 0.2) is 66.1 Å². The van der Waals surface area contributed by atoms with Crippen molar-refractivity contribution in [1.29, 1.82) is 0 Å². The lowest BCUT2D eigenvalue weighted by atomic mass is 10.0. The standard InChI is InChI=1S/C26H31N3O2S/c1-3-16-29-25-14-13-21(27(2)32(30,31)22-11-5-4-6-12-22)18-23(25)24-19-28(17-15-26(24)29)20-9-7-8-10-20/h3-6,11-14,18,20H,1,7-10,15-17,19H2,2H3. The molecule has 1 saturated carbocycles. The van der Waals surface area contributed by atoms with E-state index in [1.807, 2.05) is 18.2 Å². The molecule has 5 rings (SSSR count). The molecule has 0 radical (unpaired) electrons. The van der Waals surface area contributed by atoms with Gasteiger partial charge in [-0.3, -0.25) is 9.21 Å². The first-order chi connectivity index (χ1) is 15.5. The van der Waals surface area contributed by atoms with Gasteiger partial charge < -0.3 is 4.57 Å². The summed E-state index contributed by atoms with van der Waals surface area (Å²) in [6.07, 6.45) is 8.23. The molecule has 1 aliphatic carbocycles. The lowest BCUT2D eigenvalue weighted by molar-refractivity contribution is 0.180. The number of sulfonamides is 1. The van der Waals surface area contributed by atoms with Crippen LogP contribution in [0.4, 0.5) is 5.69 Å². The van der Waals surface area contributed by atoms with Gasteiger partial charge in [0.25, 0.3) is 10.0 Å². The Morgan fingerprint density at radius 2 is 1.88 bits per heavy atom. The molecular formula is C26H31N3O2S. The Balaban J connectivity index is 1.57. The second-order valence-electron chi connectivity index (χ2n) is 8.97. The highest BCUT2D eigenvalue weighted by Gasteiger charge is 2.30. The van der Waals surface area contributed by atoms with E-state index in [4.69, 9.17) is 0 Å². The van der Waals surface area contributed by atoms with Gasteiger partial charge in [0.15, 0.2) is 0 Å². The largest absolute Gasteiger partial charge is 0.340 e. The predicted molar refractivity (Wildman–Crippen MR) is 131 cm³/mol. The van der Waals surface area contributed by atoms with Crippen molar-refractivity contribution >= 4 is 26.6 Å². The zero-order chi connectivity index (χ0) is 22.3. The number of hydrogen-bond acceptors (Lipinski definition) is 3. The predicted octanol–water partition coefficient (Wildman–Crippen LogP) is 4.95. The first-order valence-electron chi connectivity index (χ1n) is 11.5. The minimum Gasteiger partial charge on any atom is -0.340 e. The van der Waals surface area contributed by atoms with E-state index in [9.17, 15) is 8.42 Å². The topological polar surface area (TPSA) is 45.6 Å². The Bertz CT molecular complexity index is 1240. The second-order valence-corrected chi connectivity index (χ2v) is 10.9. The van der Waals surface area contributed by atoms with Crippen LogP contribution in [0, 0.1) is 0 Å². The number of hydrogen-bond donors (Lipinski definition) is 0. The van der Waals surface area contributed by atoms with E-state index in [0.717, 1.165) is 37.0 Å². The number of nitrogens with zero attached hydrogens (tertiary/aromatic N) is 3. The maximum Gasteiger partial charge on any atom is 0.264 e. The van der Waals surface area contributed by atoms with E-state index >= 15 is 0 Å². The van der Waals surface area contributed by atoms with Crippen LogP contribution in [-0.4, -0.2) is 37.5 Å². The Labute approximate surface area is 191 Å². The van der Waals surface area contributed by atoms with Crippen LogP contribution in [0.5, 0.6) is 0 Å². The van der Waals surface area contributed by atoms with Crippen LogP contribution in [0.1, 0.15) is 36.9 Å². The third-order valence-electron chi connectivity index (χ3n) is 7.19. The van der Waals surface area contributed by atoms with Gasteiger partial charge in [0.05, 0.1) is 10.6 Å². The first-order valence-corrected chi connectivity index (χ1v) is 13.0. The third-order valence-corrected chi connectivity index (χ3v) is 8.98. The molecule has 3 aromatic rings. The highest BCUT2D eigenvalue weighted by atomic mass is 32.2. The molecule has 2 aromatic carbocycles. The van der Waals surface area contributed by atoms with E-state index in [0.29, 0.717) is 16.6 Å².